The molecule has 258 valence electrons. The first-order valence-electron chi connectivity index (χ1n) is 15.4. The average molecular weight is 685 g/mol. The number of carbonyl (C=O) groups is 6. The molecule has 1 aromatic carbocycles. The lowest BCUT2D eigenvalue weighted by Crippen LogP contribution is -2.60. The molecule has 0 bridgehead atoms. The maximum atomic E-state index is 14.0. The molecule has 0 saturated heterocycles. The quantitative estimate of drug-likeness (QED) is 0.166. The number of carbonyl (C=O) groups excluding carboxylic acids is 5. The number of carboxylic acids is 1. The second-order valence-corrected chi connectivity index (χ2v) is 13.1. The number of fused-ring (bicyclic) bond motifs is 3. The number of nitrogens with zero attached hydrogens (tertiary/aromatic N) is 1. The van der Waals surface area contributed by atoms with Crippen molar-refractivity contribution in [3.8, 4) is 0 Å². The summed E-state index contributed by atoms with van der Waals surface area (Å²) in [5, 5.41) is 40.6. The van der Waals surface area contributed by atoms with Gasteiger partial charge in [-0.15, -0.1) is 11.8 Å². The van der Waals surface area contributed by atoms with Gasteiger partial charge in [0.1, 0.15) is 30.2 Å². The summed E-state index contributed by atoms with van der Waals surface area (Å²) in [6, 6.07) is 0.683. The molecular weight excluding hydrogens is 644 g/mol. The lowest BCUT2D eigenvalue weighted by molar-refractivity contribution is -0.142. The summed E-state index contributed by atoms with van der Waals surface area (Å²) in [5.41, 5.74) is 1.44. The number of carboxylic acid groups (broad SMARTS) is 1. The van der Waals surface area contributed by atoms with Crippen molar-refractivity contribution in [2.45, 2.75) is 81.9 Å². The summed E-state index contributed by atoms with van der Waals surface area (Å²) in [4.78, 5) is 82.3. The number of amides is 5. The molecule has 3 heterocycles. The highest BCUT2D eigenvalue weighted by Gasteiger charge is 2.34. The molecule has 2 aromatic heterocycles. The lowest BCUT2D eigenvalue weighted by Gasteiger charge is -2.27. The van der Waals surface area contributed by atoms with E-state index in [9.17, 15) is 39.0 Å². The number of benzene rings is 1. The van der Waals surface area contributed by atoms with Gasteiger partial charge in [-0.3, -0.25) is 29.1 Å². The fraction of sp³-hybridized carbons (Fsp3) is 0.452. The number of aromatic nitrogens is 3. The van der Waals surface area contributed by atoms with Crippen LogP contribution in [0.4, 0.5) is 0 Å². The van der Waals surface area contributed by atoms with Gasteiger partial charge in [0, 0.05) is 29.3 Å². The topological polar surface area (TPSA) is 247 Å². The highest BCUT2D eigenvalue weighted by molar-refractivity contribution is 7.99. The second kappa shape index (κ2) is 15.8. The van der Waals surface area contributed by atoms with Crippen LogP contribution in [0, 0.1) is 5.92 Å². The zero-order valence-corrected chi connectivity index (χ0v) is 27.6. The van der Waals surface area contributed by atoms with E-state index in [2.05, 4.69) is 41.8 Å². The monoisotopic (exact) mass is 684 g/mol. The van der Waals surface area contributed by atoms with Crippen molar-refractivity contribution >= 4 is 58.2 Å². The number of thioether (sulfide) groups is 1. The predicted molar refractivity (Wildman–Crippen MR) is 175 cm³/mol. The molecule has 0 spiro atoms. The Labute approximate surface area is 279 Å². The zero-order valence-electron chi connectivity index (χ0n) is 26.8. The second-order valence-electron chi connectivity index (χ2n) is 12.1. The van der Waals surface area contributed by atoms with Crippen LogP contribution in [0.3, 0.4) is 0 Å². The van der Waals surface area contributed by atoms with E-state index in [-0.39, 0.29) is 30.1 Å². The van der Waals surface area contributed by atoms with Gasteiger partial charge in [-0.05, 0) is 37.8 Å². The summed E-state index contributed by atoms with van der Waals surface area (Å²) < 4.78 is 0. The summed E-state index contributed by atoms with van der Waals surface area (Å²) >= 11 is 1.07. The maximum absolute atomic E-state index is 14.0. The van der Waals surface area contributed by atoms with Crippen molar-refractivity contribution in [3.05, 3.63) is 47.8 Å². The Balaban J connectivity index is 1.79. The summed E-state index contributed by atoms with van der Waals surface area (Å²) in [5.74, 6) is -5.32. The molecule has 0 unspecified atom stereocenters. The Morgan fingerprint density at radius 2 is 1.73 bits per heavy atom. The lowest BCUT2D eigenvalue weighted by atomic mass is 10.00. The molecule has 0 radical (unpaired) electrons. The Bertz CT molecular complexity index is 1660. The predicted octanol–water partition coefficient (Wildman–Crippen LogP) is -0.192. The normalized spacial score (nSPS) is 23.9. The van der Waals surface area contributed by atoms with Crippen LogP contribution in [0.15, 0.2) is 41.7 Å². The third kappa shape index (κ3) is 8.92. The first-order valence-corrected chi connectivity index (χ1v) is 16.4. The number of nitrogens with one attached hydrogen (secondary N) is 7. The van der Waals surface area contributed by atoms with Gasteiger partial charge in [-0.1, -0.05) is 32.0 Å². The third-order valence-electron chi connectivity index (χ3n) is 7.73. The summed E-state index contributed by atoms with van der Waals surface area (Å²) in [6.45, 7) is 6.33. The smallest absolute Gasteiger partial charge is 0.327 e. The van der Waals surface area contributed by atoms with Gasteiger partial charge in [-0.2, -0.15) is 5.10 Å². The van der Waals surface area contributed by atoms with Gasteiger partial charge in [-0.25, -0.2) is 4.79 Å². The van der Waals surface area contributed by atoms with E-state index in [1.54, 1.807) is 18.2 Å². The van der Waals surface area contributed by atoms with Crippen molar-refractivity contribution in [2.75, 3.05) is 5.75 Å². The van der Waals surface area contributed by atoms with Crippen LogP contribution in [-0.4, -0.2) is 103 Å². The van der Waals surface area contributed by atoms with Gasteiger partial charge in [0.25, 0.3) is 5.91 Å². The van der Waals surface area contributed by atoms with Crippen LogP contribution < -0.4 is 26.6 Å². The van der Waals surface area contributed by atoms with Crippen molar-refractivity contribution in [3.63, 3.8) is 0 Å². The van der Waals surface area contributed by atoms with E-state index in [1.807, 2.05) is 19.9 Å². The number of para-hydroxylation sites is 1. The summed E-state index contributed by atoms with van der Waals surface area (Å²) in [6.07, 6.45) is 1.38. The number of hydrogen-bond donors (Lipinski definition) is 9. The number of rotatable bonds is 6. The SMILES string of the molecule is CC(C)C[C@@H]1NC(=O)[C@@H](NC(=O)c2cn[nH]c2)Cc2c([nH]c3ccccc23)SC[C@@H](C(=O)O)NC(=O)[C@H]([C@@H](C)O)NC(=O)[C@@H](C)NC1=O. The van der Waals surface area contributed by atoms with E-state index in [4.69, 9.17) is 0 Å². The summed E-state index contributed by atoms with van der Waals surface area (Å²) in [7, 11) is 0. The Kier molecular flexibility index (Phi) is 11.8. The fourth-order valence-corrected chi connectivity index (χ4v) is 6.28. The molecule has 0 saturated carbocycles. The minimum absolute atomic E-state index is 0.0647. The highest BCUT2D eigenvalue weighted by Crippen LogP contribution is 2.31. The molecule has 4 rings (SSSR count). The van der Waals surface area contributed by atoms with E-state index in [0.717, 1.165) is 11.8 Å². The molecule has 1 aliphatic heterocycles. The van der Waals surface area contributed by atoms with Crippen LogP contribution in [-0.2, 0) is 30.4 Å². The number of aliphatic hydroxyl groups excluding tert-OH is 1. The number of hydrogen-bond acceptors (Lipinski definition) is 9. The molecule has 17 heteroatoms. The van der Waals surface area contributed by atoms with E-state index in [1.165, 1.54) is 26.2 Å². The number of aromatic amines is 2. The largest absolute Gasteiger partial charge is 0.480 e. The molecule has 9 N–H and O–H groups in total. The number of aliphatic carboxylic acids is 1. The van der Waals surface area contributed by atoms with Crippen LogP contribution in [0.1, 0.15) is 50.0 Å². The first kappa shape index (κ1) is 35.9. The molecule has 6 atom stereocenters. The average Bonchev–Trinajstić information content (AvgIpc) is 3.68. The Morgan fingerprint density at radius 3 is 2.38 bits per heavy atom. The van der Waals surface area contributed by atoms with Gasteiger partial charge in [0.05, 0.1) is 22.9 Å². The van der Waals surface area contributed by atoms with Crippen molar-refractivity contribution < 1.29 is 39.0 Å². The Morgan fingerprint density at radius 1 is 1.00 bits per heavy atom. The van der Waals surface area contributed by atoms with Gasteiger partial charge >= 0.3 is 5.97 Å². The van der Waals surface area contributed by atoms with Crippen molar-refractivity contribution in [1.82, 2.24) is 41.8 Å². The molecule has 0 fully saturated rings. The number of aliphatic hydroxyl groups is 1. The van der Waals surface area contributed by atoms with Crippen molar-refractivity contribution in [1.29, 1.82) is 0 Å². The van der Waals surface area contributed by atoms with Crippen LogP contribution >= 0.6 is 11.8 Å². The molecule has 5 amide bonds. The van der Waals surface area contributed by atoms with Crippen LogP contribution in [0.5, 0.6) is 0 Å². The molecule has 3 aromatic rings. The van der Waals surface area contributed by atoms with Crippen molar-refractivity contribution in [2.24, 2.45) is 5.92 Å². The zero-order chi connectivity index (χ0) is 35.1. The standard InChI is InChI=1S/C31H40N8O8S/c1-14(2)9-21-27(43)34-15(3)25(41)39-24(16(4)40)29(45)37-23(31(46)47)13-48-30-19(18-7-5-6-8-20(18)38-30)10-22(28(44)36-21)35-26(42)17-11-32-33-12-17/h5-8,11-12,14-16,21-24,38,40H,9-10,13H2,1-4H3,(H,32,33)(H,34,43)(H,35,42)(H,36,44)(H,37,45)(H,39,41)(H,46,47)/t15-,16-,21+,22+,23+,24+/m1/s1. The Hall–Kier alpha value is -4.90. The highest BCUT2D eigenvalue weighted by atomic mass is 32.2. The molecular formula is C31H40N8O8S. The molecule has 1 aliphatic rings. The van der Waals surface area contributed by atoms with Crippen LogP contribution in [0.25, 0.3) is 10.9 Å². The fourth-order valence-electron chi connectivity index (χ4n) is 5.17. The van der Waals surface area contributed by atoms with E-state index in [0.29, 0.717) is 21.5 Å². The molecule has 0 aliphatic carbocycles. The van der Waals surface area contributed by atoms with E-state index < -0.39 is 71.8 Å². The molecule has 48 heavy (non-hydrogen) atoms. The molecule has 16 nitrogen and oxygen atoms in total. The van der Waals surface area contributed by atoms with Crippen LogP contribution in [0.2, 0.25) is 0 Å². The minimum atomic E-state index is -1.53. The van der Waals surface area contributed by atoms with E-state index >= 15 is 0 Å². The van der Waals surface area contributed by atoms with Gasteiger partial charge in [0.2, 0.25) is 23.6 Å². The minimum Gasteiger partial charge on any atom is -0.480 e. The van der Waals surface area contributed by atoms with Gasteiger partial charge in [0.15, 0.2) is 0 Å². The third-order valence-corrected chi connectivity index (χ3v) is 8.87. The van der Waals surface area contributed by atoms with Gasteiger partial charge < -0.3 is 41.8 Å². The first-order chi connectivity index (χ1) is 22.7. The maximum Gasteiger partial charge on any atom is 0.327 e. The number of H-pyrrole nitrogens is 2.